The van der Waals surface area contributed by atoms with E-state index in [4.69, 9.17) is 9.47 Å². The molecule has 5 heteroatoms. The van der Waals surface area contributed by atoms with Crippen molar-refractivity contribution < 1.29 is 9.47 Å². The molecule has 0 amide bonds. The number of ether oxygens (including phenoxy) is 2. The van der Waals surface area contributed by atoms with Crippen molar-refractivity contribution in [1.82, 2.24) is 0 Å². The van der Waals surface area contributed by atoms with Crippen molar-refractivity contribution in [3.63, 3.8) is 0 Å². The van der Waals surface area contributed by atoms with Gasteiger partial charge >= 0.3 is 0 Å². The van der Waals surface area contributed by atoms with Crippen LogP contribution in [-0.2, 0) is 6.54 Å². The third kappa shape index (κ3) is 2.45. The largest absolute Gasteiger partial charge is 0.496 e. The van der Waals surface area contributed by atoms with Crippen molar-refractivity contribution >= 4 is 5.69 Å². The van der Waals surface area contributed by atoms with E-state index in [1.54, 1.807) is 14.0 Å². The zero-order valence-electron chi connectivity index (χ0n) is 10.9. The highest BCUT2D eigenvalue weighted by atomic mass is 16.5. The second-order valence-corrected chi connectivity index (χ2v) is 3.96. The molecule has 0 aromatic heterocycles. The summed E-state index contributed by atoms with van der Waals surface area (Å²) < 4.78 is 10.3. The molecular formula is C14H15NO4. The molecule has 19 heavy (non-hydrogen) atoms. The molecule has 0 unspecified atom stereocenters. The lowest BCUT2D eigenvalue weighted by molar-refractivity contribution is 0.334. The minimum absolute atomic E-state index is 0.127. The van der Waals surface area contributed by atoms with Crippen molar-refractivity contribution in [2.75, 3.05) is 19.0 Å². The van der Waals surface area contributed by atoms with Crippen LogP contribution < -0.4 is 25.6 Å². The standard InChI is InChI=1S/C14H15NO4/c1-3-19-14-11(12(16)13(14)17)15-8-9-6-4-5-7-10(9)18-2/h4-7,15H,3,8H2,1-2H3. The smallest absolute Gasteiger partial charge is 0.272 e. The summed E-state index contributed by atoms with van der Waals surface area (Å²) in [5, 5.41) is 2.93. The number of rotatable bonds is 6. The van der Waals surface area contributed by atoms with Crippen LogP contribution >= 0.6 is 0 Å². The summed E-state index contributed by atoms with van der Waals surface area (Å²) in [4.78, 5) is 22.7. The lowest BCUT2D eigenvalue weighted by atomic mass is 10.1. The van der Waals surface area contributed by atoms with Crippen LogP contribution in [0.2, 0.25) is 0 Å². The summed E-state index contributed by atoms with van der Waals surface area (Å²) in [5.74, 6) is 0.856. The van der Waals surface area contributed by atoms with Crippen molar-refractivity contribution in [3.8, 4) is 11.5 Å². The number of benzene rings is 1. The molecule has 0 saturated carbocycles. The predicted octanol–water partition coefficient (Wildman–Crippen LogP) is 1.30. The number of para-hydroxylation sites is 1. The molecule has 0 aliphatic heterocycles. The molecule has 0 aliphatic rings. The zero-order chi connectivity index (χ0) is 13.8. The monoisotopic (exact) mass is 261 g/mol. The van der Waals surface area contributed by atoms with E-state index in [1.165, 1.54) is 0 Å². The van der Waals surface area contributed by atoms with Gasteiger partial charge in [0.1, 0.15) is 11.4 Å². The van der Waals surface area contributed by atoms with Crippen molar-refractivity contribution in [2.45, 2.75) is 13.5 Å². The van der Waals surface area contributed by atoms with Crippen LogP contribution in [0.15, 0.2) is 33.9 Å². The van der Waals surface area contributed by atoms with Crippen LogP contribution in [0, 0.1) is 0 Å². The molecular weight excluding hydrogens is 246 g/mol. The van der Waals surface area contributed by atoms with Gasteiger partial charge in [0.15, 0.2) is 5.75 Å². The average molecular weight is 261 g/mol. The quantitative estimate of drug-likeness (QED) is 0.794. The van der Waals surface area contributed by atoms with Crippen molar-refractivity contribution in [3.05, 3.63) is 50.3 Å². The highest BCUT2D eigenvalue weighted by Gasteiger charge is 2.22. The van der Waals surface area contributed by atoms with Gasteiger partial charge in [0.2, 0.25) is 0 Å². The van der Waals surface area contributed by atoms with Crippen molar-refractivity contribution in [2.24, 2.45) is 0 Å². The van der Waals surface area contributed by atoms with Gasteiger partial charge in [-0.15, -0.1) is 0 Å². The molecule has 2 aromatic carbocycles. The Morgan fingerprint density at radius 3 is 2.58 bits per heavy atom. The van der Waals surface area contributed by atoms with Gasteiger partial charge in [0, 0.05) is 12.1 Å². The molecule has 0 spiro atoms. The molecule has 0 heterocycles. The van der Waals surface area contributed by atoms with Gasteiger partial charge in [-0.1, -0.05) is 18.2 Å². The second-order valence-electron chi connectivity index (χ2n) is 3.96. The first kappa shape index (κ1) is 13.1. The molecule has 0 aliphatic carbocycles. The maximum atomic E-state index is 11.4. The minimum atomic E-state index is -0.565. The molecule has 2 aromatic rings. The Morgan fingerprint density at radius 2 is 1.89 bits per heavy atom. The lowest BCUT2D eigenvalue weighted by Gasteiger charge is -2.14. The van der Waals surface area contributed by atoms with E-state index in [9.17, 15) is 9.59 Å². The number of hydrogen-bond acceptors (Lipinski definition) is 5. The Bertz CT molecular complexity index is 641. The fraction of sp³-hybridized carbons (Fsp3) is 0.286. The first-order valence-corrected chi connectivity index (χ1v) is 6.00. The normalized spacial score (nSPS) is 10.4. The van der Waals surface area contributed by atoms with Crippen LogP contribution in [0.4, 0.5) is 5.69 Å². The highest BCUT2D eigenvalue weighted by molar-refractivity contribution is 5.62. The Morgan fingerprint density at radius 1 is 1.16 bits per heavy atom. The van der Waals surface area contributed by atoms with Crippen LogP contribution in [0.1, 0.15) is 12.5 Å². The Labute approximate surface area is 110 Å². The maximum absolute atomic E-state index is 11.4. The van der Waals surface area contributed by atoms with E-state index < -0.39 is 10.9 Å². The Hall–Kier alpha value is -2.30. The van der Waals surface area contributed by atoms with Crippen molar-refractivity contribution in [1.29, 1.82) is 0 Å². The second kappa shape index (κ2) is 5.56. The topological polar surface area (TPSA) is 64.6 Å². The molecule has 0 saturated heterocycles. The van der Waals surface area contributed by atoms with E-state index in [0.717, 1.165) is 11.3 Å². The molecule has 2 rings (SSSR count). The molecule has 100 valence electrons. The van der Waals surface area contributed by atoms with Gasteiger partial charge in [0.25, 0.3) is 10.9 Å². The highest BCUT2D eigenvalue weighted by Crippen LogP contribution is 2.21. The number of anilines is 1. The molecule has 0 atom stereocenters. The number of methoxy groups -OCH3 is 1. The molecule has 1 N–H and O–H groups in total. The van der Waals surface area contributed by atoms with Gasteiger partial charge in [-0.05, 0) is 13.0 Å². The fourth-order valence-electron chi connectivity index (χ4n) is 1.85. The average Bonchev–Trinajstić information content (AvgIpc) is 2.46. The zero-order valence-corrected chi connectivity index (χ0v) is 10.9. The van der Waals surface area contributed by atoms with Gasteiger partial charge in [-0.2, -0.15) is 0 Å². The van der Waals surface area contributed by atoms with Gasteiger partial charge in [0.05, 0.1) is 13.7 Å². The molecule has 0 bridgehead atoms. The van der Waals surface area contributed by atoms with Crippen LogP contribution in [0.3, 0.4) is 0 Å². The third-order valence-electron chi connectivity index (χ3n) is 2.80. The van der Waals surface area contributed by atoms with Crippen LogP contribution in [0.5, 0.6) is 11.5 Å². The maximum Gasteiger partial charge on any atom is 0.272 e. The van der Waals surface area contributed by atoms with Gasteiger partial charge in [-0.25, -0.2) is 0 Å². The fourth-order valence-corrected chi connectivity index (χ4v) is 1.85. The van der Waals surface area contributed by atoms with E-state index in [2.05, 4.69) is 5.32 Å². The third-order valence-corrected chi connectivity index (χ3v) is 2.80. The lowest BCUT2D eigenvalue weighted by Crippen LogP contribution is -2.35. The first-order chi connectivity index (χ1) is 9.19. The Balaban J connectivity index is 2.13. The molecule has 5 nitrogen and oxygen atoms in total. The van der Waals surface area contributed by atoms with Gasteiger partial charge in [-0.3, -0.25) is 9.59 Å². The summed E-state index contributed by atoms with van der Waals surface area (Å²) in [6.07, 6.45) is 0. The van der Waals surface area contributed by atoms with Crippen LogP contribution in [0.25, 0.3) is 0 Å². The number of nitrogens with one attached hydrogen (secondary N) is 1. The molecule has 0 fully saturated rings. The Kier molecular flexibility index (Phi) is 3.85. The summed E-state index contributed by atoms with van der Waals surface area (Å²) in [6.45, 7) is 2.52. The van der Waals surface area contributed by atoms with E-state index in [0.29, 0.717) is 13.2 Å². The molecule has 0 radical (unpaired) electrons. The SMILES string of the molecule is CCOc1c(NCc2ccccc2OC)c(=O)c1=O. The minimum Gasteiger partial charge on any atom is -0.496 e. The van der Waals surface area contributed by atoms with E-state index in [1.807, 2.05) is 24.3 Å². The van der Waals surface area contributed by atoms with Gasteiger partial charge < -0.3 is 14.8 Å². The van der Waals surface area contributed by atoms with Crippen LogP contribution in [-0.4, -0.2) is 13.7 Å². The predicted molar refractivity (Wildman–Crippen MR) is 72.8 cm³/mol. The summed E-state index contributed by atoms with van der Waals surface area (Å²) in [6, 6.07) is 7.47. The van der Waals surface area contributed by atoms with E-state index in [-0.39, 0.29) is 11.4 Å². The first-order valence-electron chi connectivity index (χ1n) is 6.00. The summed E-state index contributed by atoms with van der Waals surface area (Å²) in [7, 11) is 1.59. The van der Waals surface area contributed by atoms with E-state index >= 15 is 0 Å². The summed E-state index contributed by atoms with van der Waals surface area (Å²) in [5.41, 5.74) is 0.0565. The number of hydrogen-bond donors (Lipinski definition) is 1. The summed E-state index contributed by atoms with van der Waals surface area (Å²) >= 11 is 0.